The molecule has 0 aromatic heterocycles. The molecule has 1 aromatic carbocycles. The molecule has 1 aromatic rings. The summed E-state index contributed by atoms with van der Waals surface area (Å²) in [4.78, 5) is 10.4. The van der Waals surface area contributed by atoms with Gasteiger partial charge in [0.2, 0.25) is 0 Å². The molecule has 0 bridgehead atoms. The molecular weight excluding hydrogens is 192 g/mol. The van der Waals surface area contributed by atoms with Crippen molar-refractivity contribution in [1.29, 1.82) is 0 Å². The molecule has 0 radical (unpaired) electrons. The first-order chi connectivity index (χ1) is 7.18. The van der Waals surface area contributed by atoms with Crippen molar-refractivity contribution in [3.8, 4) is 0 Å². The molecule has 0 unspecified atom stereocenters. The van der Waals surface area contributed by atoms with Gasteiger partial charge in [-0.25, -0.2) is 0 Å². The maximum Gasteiger partial charge on any atom is 0.274 e. The maximum atomic E-state index is 10.7. The number of nitrogens with one attached hydrogen (secondary N) is 1. The average molecular weight is 206 g/mol. The van der Waals surface area contributed by atoms with Crippen LogP contribution in [-0.4, -0.2) is 11.0 Å². The van der Waals surface area contributed by atoms with Gasteiger partial charge >= 0.3 is 0 Å². The SMILES string of the molecule is Cc1c(NC2CCC2)cccc1[N+](=O)[O-]. The first-order valence-electron chi connectivity index (χ1n) is 5.19. The number of benzene rings is 1. The quantitative estimate of drug-likeness (QED) is 0.611. The predicted molar refractivity (Wildman–Crippen MR) is 59.1 cm³/mol. The number of nitrogens with zero attached hydrogens (tertiary/aromatic N) is 1. The monoisotopic (exact) mass is 206 g/mol. The number of hydrogen-bond donors (Lipinski definition) is 1. The van der Waals surface area contributed by atoms with E-state index in [2.05, 4.69) is 5.32 Å². The molecule has 0 amide bonds. The molecule has 0 heterocycles. The molecule has 4 heteroatoms. The van der Waals surface area contributed by atoms with Crippen molar-refractivity contribution < 1.29 is 4.92 Å². The molecule has 1 aliphatic rings. The Kier molecular flexibility index (Phi) is 2.58. The summed E-state index contributed by atoms with van der Waals surface area (Å²) >= 11 is 0. The summed E-state index contributed by atoms with van der Waals surface area (Å²) in [6.07, 6.45) is 3.59. The van der Waals surface area contributed by atoms with Crippen LogP contribution < -0.4 is 5.32 Å². The number of nitro benzene ring substituents is 1. The summed E-state index contributed by atoms with van der Waals surface area (Å²) in [7, 11) is 0. The van der Waals surface area contributed by atoms with E-state index < -0.39 is 0 Å². The zero-order valence-corrected chi connectivity index (χ0v) is 8.69. The zero-order valence-electron chi connectivity index (χ0n) is 8.69. The van der Waals surface area contributed by atoms with Gasteiger partial charge in [0.1, 0.15) is 0 Å². The van der Waals surface area contributed by atoms with E-state index in [1.54, 1.807) is 19.1 Å². The van der Waals surface area contributed by atoms with Gasteiger partial charge in [-0.05, 0) is 32.3 Å². The third kappa shape index (κ3) is 1.93. The predicted octanol–water partition coefficient (Wildman–Crippen LogP) is 2.87. The largest absolute Gasteiger partial charge is 0.382 e. The Hall–Kier alpha value is -1.58. The minimum atomic E-state index is -0.332. The molecule has 15 heavy (non-hydrogen) atoms. The smallest absolute Gasteiger partial charge is 0.274 e. The number of nitro groups is 1. The lowest BCUT2D eigenvalue weighted by Crippen LogP contribution is -2.27. The summed E-state index contributed by atoms with van der Waals surface area (Å²) in [6, 6.07) is 5.68. The fourth-order valence-electron chi connectivity index (χ4n) is 1.75. The van der Waals surface area contributed by atoms with Crippen LogP contribution in [0, 0.1) is 17.0 Å². The van der Waals surface area contributed by atoms with E-state index in [-0.39, 0.29) is 10.6 Å². The fraction of sp³-hybridized carbons (Fsp3) is 0.455. The Morgan fingerprint density at radius 1 is 1.47 bits per heavy atom. The van der Waals surface area contributed by atoms with Crippen LogP contribution in [0.2, 0.25) is 0 Å². The molecule has 0 atom stereocenters. The van der Waals surface area contributed by atoms with Crippen LogP contribution in [0.5, 0.6) is 0 Å². The van der Waals surface area contributed by atoms with Crippen molar-refractivity contribution >= 4 is 11.4 Å². The minimum Gasteiger partial charge on any atom is -0.382 e. The van der Waals surface area contributed by atoms with E-state index in [1.165, 1.54) is 19.3 Å². The van der Waals surface area contributed by atoms with Crippen LogP contribution in [0.25, 0.3) is 0 Å². The molecule has 80 valence electrons. The van der Waals surface area contributed by atoms with Gasteiger partial charge in [0.25, 0.3) is 5.69 Å². The normalized spacial score (nSPS) is 15.8. The molecule has 1 aliphatic carbocycles. The van der Waals surface area contributed by atoms with Gasteiger partial charge in [-0.2, -0.15) is 0 Å². The molecule has 4 nitrogen and oxygen atoms in total. The van der Waals surface area contributed by atoms with E-state index in [0.29, 0.717) is 6.04 Å². The fourth-order valence-corrected chi connectivity index (χ4v) is 1.75. The molecule has 1 saturated carbocycles. The molecule has 2 rings (SSSR count). The lowest BCUT2D eigenvalue weighted by Gasteiger charge is -2.28. The van der Waals surface area contributed by atoms with Crippen LogP contribution in [0.15, 0.2) is 18.2 Å². The molecule has 0 saturated heterocycles. The van der Waals surface area contributed by atoms with Crippen molar-refractivity contribution in [2.24, 2.45) is 0 Å². The Labute approximate surface area is 88.5 Å². The summed E-state index contributed by atoms with van der Waals surface area (Å²) in [5.41, 5.74) is 1.82. The highest BCUT2D eigenvalue weighted by Crippen LogP contribution is 2.29. The Balaban J connectivity index is 2.22. The lowest BCUT2D eigenvalue weighted by atomic mass is 9.92. The standard InChI is InChI=1S/C11H14N2O2/c1-8-10(12-9-4-2-5-9)6-3-7-11(8)13(14)15/h3,6-7,9,12H,2,4-5H2,1H3. The van der Waals surface area contributed by atoms with Gasteiger partial charge < -0.3 is 5.32 Å². The highest BCUT2D eigenvalue weighted by Gasteiger charge is 2.19. The maximum absolute atomic E-state index is 10.7. The van der Waals surface area contributed by atoms with Gasteiger partial charge in [-0.15, -0.1) is 0 Å². The molecule has 0 aliphatic heterocycles. The second-order valence-electron chi connectivity index (χ2n) is 3.98. The molecular formula is C11H14N2O2. The van der Waals surface area contributed by atoms with Crippen LogP contribution >= 0.6 is 0 Å². The van der Waals surface area contributed by atoms with Crippen LogP contribution in [0.4, 0.5) is 11.4 Å². The van der Waals surface area contributed by atoms with Crippen molar-refractivity contribution in [1.82, 2.24) is 0 Å². The second-order valence-corrected chi connectivity index (χ2v) is 3.98. The zero-order chi connectivity index (χ0) is 10.8. The van der Waals surface area contributed by atoms with Crippen LogP contribution in [-0.2, 0) is 0 Å². The van der Waals surface area contributed by atoms with Crippen LogP contribution in [0.1, 0.15) is 24.8 Å². The van der Waals surface area contributed by atoms with Crippen molar-refractivity contribution in [3.63, 3.8) is 0 Å². The van der Waals surface area contributed by atoms with Gasteiger partial charge in [0.05, 0.1) is 4.92 Å². The van der Waals surface area contributed by atoms with E-state index in [4.69, 9.17) is 0 Å². The highest BCUT2D eigenvalue weighted by atomic mass is 16.6. The Morgan fingerprint density at radius 3 is 2.73 bits per heavy atom. The second kappa shape index (κ2) is 3.88. The van der Waals surface area contributed by atoms with Crippen molar-refractivity contribution in [2.75, 3.05) is 5.32 Å². The molecule has 1 fully saturated rings. The number of hydrogen-bond acceptors (Lipinski definition) is 3. The average Bonchev–Trinajstić information content (AvgIpc) is 2.13. The topological polar surface area (TPSA) is 55.2 Å². The third-order valence-corrected chi connectivity index (χ3v) is 2.97. The van der Waals surface area contributed by atoms with E-state index in [0.717, 1.165) is 11.3 Å². The minimum absolute atomic E-state index is 0.194. The number of rotatable bonds is 3. The van der Waals surface area contributed by atoms with Gasteiger partial charge in [-0.3, -0.25) is 10.1 Å². The molecule has 0 spiro atoms. The van der Waals surface area contributed by atoms with Crippen molar-refractivity contribution in [3.05, 3.63) is 33.9 Å². The summed E-state index contributed by atoms with van der Waals surface area (Å²) in [6.45, 7) is 1.79. The Morgan fingerprint density at radius 2 is 2.20 bits per heavy atom. The van der Waals surface area contributed by atoms with Gasteiger partial charge in [-0.1, -0.05) is 6.07 Å². The summed E-state index contributed by atoms with van der Waals surface area (Å²) in [5.74, 6) is 0. The van der Waals surface area contributed by atoms with Gasteiger partial charge in [0.15, 0.2) is 0 Å². The first-order valence-corrected chi connectivity index (χ1v) is 5.19. The van der Waals surface area contributed by atoms with Crippen LogP contribution in [0.3, 0.4) is 0 Å². The number of anilines is 1. The first kappa shape index (κ1) is 9.96. The van der Waals surface area contributed by atoms with E-state index in [9.17, 15) is 10.1 Å². The summed E-state index contributed by atoms with van der Waals surface area (Å²) in [5, 5.41) is 14.1. The van der Waals surface area contributed by atoms with Crippen molar-refractivity contribution in [2.45, 2.75) is 32.2 Å². The van der Waals surface area contributed by atoms with E-state index >= 15 is 0 Å². The van der Waals surface area contributed by atoms with E-state index in [1.807, 2.05) is 6.07 Å². The van der Waals surface area contributed by atoms with Gasteiger partial charge in [0, 0.05) is 23.4 Å². The highest BCUT2D eigenvalue weighted by molar-refractivity contribution is 5.60. The molecule has 1 N–H and O–H groups in total. The lowest BCUT2D eigenvalue weighted by molar-refractivity contribution is -0.385. The third-order valence-electron chi connectivity index (χ3n) is 2.97. The summed E-state index contributed by atoms with van der Waals surface area (Å²) < 4.78 is 0. The Bertz CT molecular complexity index is 386.